The van der Waals surface area contributed by atoms with Gasteiger partial charge in [-0.1, -0.05) is 0 Å². The predicted molar refractivity (Wildman–Crippen MR) is 52.8 cm³/mol. The highest BCUT2D eigenvalue weighted by atomic mass is 16.5. The smallest absolute Gasteiger partial charge is 0.121 e. The van der Waals surface area contributed by atoms with E-state index in [0.29, 0.717) is 18.7 Å². The van der Waals surface area contributed by atoms with E-state index in [4.69, 9.17) is 15.6 Å². The van der Waals surface area contributed by atoms with Crippen LogP contribution in [0, 0.1) is 6.92 Å². The molecule has 0 aliphatic rings. The molecule has 3 heteroatoms. The maximum Gasteiger partial charge on any atom is 0.121 e. The summed E-state index contributed by atoms with van der Waals surface area (Å²) in [5.41, 5.74) is 7.42. The molecule has 1 rings (SSSR count). The maximum absolute atomic E-state index is 8.55. The van der Waals surface area contributed by atoms with Gasteiger partial charge in [0.25, 0.3) is 0 Å². The lowest BCUT2D eigenvalue weighted by Gasteiger charge is -2.06. The molecule has 0 amide bonds. The van der Waals surface area contributed by atoms with Gasteiger partial charge in [0.1, 0.15) is 5.75 Å². The van der Waals surface area contributed by atoms with Crippen LogP contribution in [0.3, 0.4) is 0 Å². The van der Waals surface area contributed by atoms with E-state index in [-0.39, 0.29) is 6.61 Å². The first kappa shape index (κ1) is 9.86. The van der Waals surface area contributed by atoms with Crippen LogP contribution in [-0.2, 0) is 0 Å². The number of ether oxygens (including phenoxy) is 1. The molecule has 0 fully saturated rings. The third-order valence-corrected chi connectivity index (χ3v) is 1.64. The first-order valence-corrected chi connectivity index (χ1v) is 4.33. The second-order valence-corrected chi connectivity index (χ2v) is 3.01. The number of nitrogens with two attached hydrogens (primary N) is 1. The summed E-state index contributed by atoms with van der Waals surface area (Å²) in [6.07, 6.45) is 0.647. The Morgan fingerprint density at radius 3 is 2.77 bits per heavy atom. The van der Waals surface area contributed by atoms with Crippen LogP contribution in [0.4, 0.5) is 5.69 Å². The van der Waals surface area contributed by atoms with E-state index in [0.717, 1.165) is 11.3 Å². The first-order valence-electron chi connectivity index (χ1n) is 4.33. The largest absolute Gasteiger partial charge is 0.493 e. The molecule has 13 heavy (non-hydrogen) atoms. The van der Waals surface area contributed by atoms with Gasteiger partial charge in [-0.3, -0.25) is 0 Å². The molecule has 0 aromatic heterocycles. The fourth-order valence-corrected chi connectivity index (χ4v) is 1.11. The number of nitrogen functional groups attached to an aromatic ring is 1. The monoisotopic (exact) mass is 181 g/mol. The van der Waals surface area contributed by atoms with Crippen molar-refractivity contribution in [3.63, 3.8) is 0 Å². The molecule has 1 aromatic rings. The van der Waals surface area contributed by atoms with Gasteiger partial charge >= 0.3 is 0 Å². The molecule has 0 bridgehead atoms. The summed E-state index contributed by atoms with van der Waals surface area (Å²) in [7, 11) is 0. The average molecular weight is 181 g/mol. The van der Waals surface area contributed by atoms with Gasteiger partial charge in [-0.05, 0) is 24.6 Å². The van der Waals surface area contributed by atoms with Crippen molar-refractivity contribution < 1.29 is 9.84 Å². The Morgan fingerprint density at radius 2 is 2.15 bits per heavy atom. The second-order valence-electron chi connectivity index (χ2n) is 3.01. The maximum atomic E-state index is 8.55. The van der Waals surface area contributed by atoms with Crippen LogP contribution >= 0.6 is 0 Å². The van der Waals surface area contributed by atoms with Crippen molar-refractivity contribution in [3.05, 3.63) is 23.8 Å². The number of anilines is 1. The van der Waals surface area contributed by atoms with E-state index in [1.165, 1.54) is 0 Å². The first-order chi connectivity index (χ1) is 6.22. The summed E-state index contributed by atoms with van der Waals surface area (Å²) in [5, 5.41) is 8.55. The summed E-state index contributed by atoms with van der Waals surface area (Å²) in [6, 6.07) is 5.59. The van der Waals surface area contributed by atoms with Gasteiger partial charge in [-0.25, -0.2) is 0 Å². The minimum Gasteiger partial charge on any atom is -0.493 e. The Morgan fingerprint density at radius 1 is 1.38 bits per heavy atom. The van der Waals surface area contributed by atoms with Gasteiger partial charge in [0.15, 0.2) is 0 Å². The van der Waals surface area contributed by atoms with Crippen molar-refractivity contribution in [2.45, 2.75) is 13.3 Å². The lowest BCUT2D eigenvalue weighted by Crippen LogP contribution is -2.00. The molecule has 0 atom stereocenters. The molecule has 0 saturated heterocycles. The summed E-state index contributed by atoms with van der Waals surface area (Å²) in [6.45, 7) is 2.65. The van der Waals surface area contributed by atoms with E-state index in [9.17, 15) is 0 Å². The lowest BCUT2D eigenvalue weighted by atomic mass is 10.2. The quantitative estimate of drug-likeness (QED) is 0.544. The Hall–Kier alpha value is -1.22. The van der Waals surface area contributed by atoms with Gasteiger partial charge in [-0.2, -0.15) is 0 Å². The number of benzene rings is 1. The van der Waals surface area contributed by atoms with Gasteiger partial charge in [0.2, 0.25) is 0 Å². The van der Waals surface area contributed by atoms with Crippen LogP contribution in [0.15, 0.2) is 18.2 Å². The Bertz CT molecular complexity index is 253. The van der Waals surface area contributed by atoms with Crippen LogP contribution in [0.2, 0.25) is 0 Å². The molecule has 3 nitrogen and oxygen atoms in total. The van der Waals surface area contributed by atoms with Gasteiger partial charge < -0.3 is 15.6 Å². The molecule has 0 heterocycles. The van der Waals surface area contributed by atoms with Crippen molar-refractivity contribution in [2.75, 3.05) is 18.9 Å². The van der Waals surface area contributed by atoms with Gasteiger partial charge in [0.05, 0.1) is 6.61 Å². The van der Waals surface area contributed by atoms with Crippen molar-refractivity contribution in [3.8, 4) is 5.75 Å². The number of aryl methyl sites for hydroxylation is 1. The summed E-state index contributed by atoms with van der Waals surface area (Å²) < 4.78 is 5.37. The Kier molecular flexibility index (Phi) is 3.58. The van der Waals surface area contributed by atoms with E-state index >= 15 is 0 Å². The minimum atomic E-state index is 0.154. The zero-order chi connectivity index (χ0) is 9.68. The van der Waals surface area contributed by atoms with Gasteiger partial charge in [0, 0.05) is 24.8 Å². The minimum absolute atomic E-state index is 0.154. The second kappa shape index (κ2) is 4.72. The normalized spacial score (nSPS) is 10.0. The fourth-order valence-electron chi connectivity index (χ4n) is 1.11. The number of hydrogen-bond donors (Lipinski definition) is 2. The molecule has 0 saturated carbocycles. The zero-order valence-corrected chi connectivity index (χ0v) is 7.79. The molecule has 0 aliphatic carbocycles. The molecule has 0 aliphatic heterocycles. The molecule has 3 N–H and O–H groups in total. The average Bonchev–Trinajstić information content (AvgIpc) is 2.03. The zero-order valence-electron chi connectivity index (χ0n) is 7.79. The molecule has 1 aromatic carbocycles. The highest BCUT2D eigenvalue weighted by molar-refractivity contribution is 5.47. The highest BCUT2D eigenvalue weighted by Gasteiger charge is 1.96. The molecular formula is C10H15NO2. The number of aliphatic hydroxyl groups excluding tert-OH is 1. The summed E-state index contributed by atoms with van der Waals surface area (Å²) in [5.74, 6) is 0.769. The van der Waals surface area contributed by atoms with Crippen LogP contribution in [0.1, 0.15) is 12.0 Å². The van der Waals surface area contributed by atoms with Crippen molar-refractivity contribution >= 4 is 5.69 Å². The molecule has 0 radical (unpaired) electrons. The lowest BCUT2D eigenvalue weighted by molar-refractivity contribution is 0.233. The third-order valence-electron chi connectivity index (χ3n) is 1.64. The molecule has 0 spiro atoms. The molecule has 72 valence electrons. The van der Waals surface area contributed by atoms with E-state index < -0.39 is 0 Å². The summed E-state index contributed by atoms with van der Waals surface area (Å²) in [4.78, 5) is 0. The SMILES string of the molecule is Cc1cc(N)cc(OCCCO)c1. The molecule has 0 unspecified atom stereocenters. The Labute approximate surface area is 78.1 Å². The van der Waals surface area contributed by atoms with Crippen molar-refractivity contribution in [2.24, 2.45) is 0 Å². The van der Waals surface area contributed by atoms with Crippen LogP contribution in [0.25, 0.3) is 0 Å². The molecular weight excluding hydrogens is 166 g/mol. The van der Waals surface area contributed by atoms with Crippen LogP contribution in [-0.4, -0.2) is 18.3 Å². The Balaban J connectivity index is 2.56. The highest BCUT2D eigenvalue weighted by Crippen LogP contribution is 2.18. The van der Waals surface area contributed by atoms with Gasteiger partial charge in [-0.15, -0.1) is 0 Å². The number of aliphatic hydroxyl groups is 1. The fraction of sp³-hybridized carbons (Fsp3) is 0.400. The predicted octanol–water partition coefficient (Wildman–Crippen LogP) is 1.34. The van der Waals surface area contributed by atoms with E-state index in [1.807, 2.05) is 19.1 Å². The van der Waals surface area contributed by atoms with E-state index in [1.54, 1.807) is 6.07 Å². The topological polar surface area (TPSA) is 55.5 Å². The number of rotatable bonds is 4. The number of hydrogen-bond acceptors (Lipinski definition) is 3. The van der Waals surface area contributed by atoms with Crippen LogP contribution < -0.4 is 10.5 Å². The standard InChI is InChI=1S/C10H15NO2/c1-8-5-9(11)7-10(6-8)13-4-2-3-12/h5-7,12H,2-4,11H2,1H3. The van der Waals surface area contributed by atoms with Crippen molar-refractivity contribution in [1.82, 2.24) is 0 Å². The van der Waals surface area contributed by atoms with E-state index in [2.05, 4.69) is 0 Å². The van der Waals surface area contributed by atoms with Crippen LogP contribution in [0.5, 0.6) is 5.75 Å². The van der Waals surface area contributed by atoms with Crippen molar-refractivity contribution in [1.29, 1.82) is 0 Å². The third kappa shape index (κ3) is 3.34. The summed E-state index contributed by atoms with van der Waals surface area (Å²) >= 11 is 0.